The van der Waals surface area contributed by atoms with E-state index in [9.17, 15) is 13.2 Å². The minimum atomic E-state index is -3.91. The number of fused-ring (bicyclic) bond motifs is 1. The number of benzene rings is 1. The van der Waals surface area contributed by atoms with Crippen LogP contribution < -0.4 is 4.72 Å². The number of aryl methyl sites for hydroxylation is 2. The lowest BCUT2D eigenvalue weighted by atomic mass is 10.1. The molecular weight excluding hydrogens is 444 g/mol. The summed E-state index contributed by atoms with van der Waals surface area (Å²) in [6, 6.07) is 6.76. The lowest BCUT2D eigenvalue weighted by molar-refractivity contribution is 0.0695. The number of carboxylic acids is 1. The fourth-order valence-corrected chi connectivity index (χ4v) is 3.98. The van der Waals surface area contributed by atoms with Crippen LogP contribution in [0.4, 0.5) is 5.69 Å². The highest BCUT2D eigenvalue weighted by atomic mass is 32.2. The molecule has 0 aliphatic carbocycles. The number of sulfonamides is 1. The standard InChI is InChI=1S/C18H16N6O4S.2C2H6/c1-11-6-16(19-9-14(11)18(25)26)24-10-13(8-21-24)29(27,28)22-15-5-3-4-12-7-20-23(2)17(12)15;2*1-2/h3-10,22H,1-2H3,(H,25,26);2*1-2H3. The maximum atomic E-state index is 12.8. The van der Waals surface area contributed by atoms with Gasteiger partial charge in [0.25, 0.3) is 10.0 Å². The Balaban J connectivity index is 0.000000914. The molecule has 0 amide bonds. The molecule has 0 bridgehead atoms. The lowest BCUT2D eigenvalue weighted by Crippen LogP contribution is -2.13. The number of hydrogen-bond donors (Lipinski definition) is 2. The summed E-state index contributed by atoms with van der Waals surface area (Å²) in [7, 11) is -2.19. The van der Waals surface area contributed by atoms with Crippen LogP contribution in [-0.4, -0.2) is 44.0 Å². The quantitative estimate of drug-likeness (QED) is 0.448. The van der Waals surface area contributed by atoms with E-state index in [-0.39, 0.29) is 10.5 Å². The van der Waals surface area contributed by atoms with E-state index >= 15 is 0 Å². The molecule has 1 aromatic carbocycles. The van der Waals surface area contributed by atoms with Crippen molar-refractivity contribution in [2.75, 3.05) is 4.72 Å². The Morgan fingerprint density at radius 3 is 2.39 bits per heavy atom. The van der Waals surface area contributed by atoms with Crippen LogP contribution in [0.15, 0.2) is 53.9 Å². The second kappa shape index (κ2) is 10.7. The molecule has 0 aliphatic rings. The van der Waals surface area contributed by atoms with Crippen molar-refractivity contribution in [3.05, 3.63) is 60.2 Å². The number of aromatic carboxylic acids is 1. The Morgan fingerprint density at radius 2 is 1.76 bits per heavy atom. The van der Waals surface area contributed by atoms with E-state index in [0.29, 0.717) is 22.6 Å². The van der Waals surface area contributed by atoms with E-state index in [1.165, 1.54) is 29.3 Å². The van der Waals surface area contributed by atoms with Crippen molar-refractivity contribution in [2.45, 2.75) is 39.5 Å². The molecule has 11 heteroatoms. The molecule has 0 unspecified atom stereocenters. The van der Waals surface area contributed by atoms with E-state index in [0.717, 1.165) is 5.39 Å². The van der Waals surface area contributed by atoms with Gasteiger partial charge in [-0.15, -0.1) is 0 Å². The van der Waals surface area contributed by atoms with Crippen molar-refractivity contribution < 1.29 is 18.3 Å². The van der Waals surface area contributed by atoms with Gasteiger partial charge >= 0.3 is 5.97 Å². The average molecular weight is 473 g/mol. The van der Waals surface area contributed by atoms with Crippen LogP contribution in [0.3, 0.4) is 0 Å². The number of para-hydroxylation sites is 1. The topological polar surface area (TPSA) is 132 Å². The number of rotatable bonds is 5. The highest BCUT2D eigenvalue weighted by molar-refractivity contribution is 7.92. The maximum absolute atomic E-state index is 12.8. The first-order valence-corrected chi connectivity index (χ1v) is 11.9. The van der Waals surface area contributed by atoms with Crippen molar-refractivity contribution in [3.8, 4) is 5.82 Å². The van der Waals surface area contributed by atoms with Crippen LogP contribution in [-0.2, 0) is 17.1 Å². The summed E-state index contributed by atoms with van der Waals surface area (Å²) in [5.74, 6) is -0.776. The predicted octanol–water partition coefficient (Wildman–Crippen LogP) is 4.01. The van der Waals surface area contributed by atoms with Crippen LogP contribution in [0.25, 0.3) is 16.7 Å². The van der Waals surface area contributed by atoms with Crippen LogP contribution in [0, 0.1) is 6.92 Å². The summed E-state index contributed by atoms with van der Waals surface area (Å²) >= 11 is 0. The molecule has 176 valence electrons. The maximum Gasteiger partial charge on any atom is 0.337 e. The summed E-state index contributed by atoms with van der Waals surface area (Å²) in [5, 5.41) is 18.1. The molecule has 0 spiro atoms. The van der Waals surface area contributed by atoms with Crippen molar-refractivity contribution >= 4 is 32.6 Å². The molecule has 10 nitrogen and oxygen atoms in total. The van der Waals surface area contributed by atoms with E-state index < -0.39 is 16.0 Å². The largest absolute Gasteiger partial charge is 0.478 e. The summed E-state index contributed by atoms with van der Waals surface area (Å²) < 4.78 is 31.1. The fourth-order valence-electron chi connectivity index (χ4n) is 2.98. The molecule has 0 aliphatic heterocycles. The molecule has 0 fully saturated rings. The van der Waals surface area contributed by atoms with Crippen LogP contribution in [0.1, 0.15) is 43.6 Å². The monoisotopic (exact) mass is 472 g/mol. The number of nitrogens with one attached hydrogen (secondary N) is 1. The van der Waals surface area contributed by atoms with Crippen LogP contribution in [0.5, 0.6) is 0 Å². The molecule has 4 rings (SSSR count). The van der Waals surface area contributed by atoms with Crippen LogP contribution >= 0.6 is 0 Å². The van der Waals surface area contributed by atoms with Crippen LogP contribution in [0.2, 0.25) is 0 Å². The molecule has 4 aromatic rings. The zero-order valence-electron chi connectivity index (χ0n) is 19.4. The highest BCUT2D eigenvalue weighted by Gasteiger charge is 2.20. The van der Waals surface area contributed by atoms with Gasteiger partial charge in [-0.1, -0.05) is 39.8 Å². The zero-order chi connectivity index (χ0) is 24.8. The summed E-state index contributed by atoms with van der Waals surface area (Å²) in [4.78, 5) is 15.1. The Kier molecular flexibility index (Phi) is 8.30. The number of carbonyl (C=O) groups is 1. The van der Waals surface area contributed by atoms with Gasteiger partial charge in [0.15, 0.2) is 5.82 Å². The Labute approximate surface area is 192 Å². The van der Waals surface area contributed by atoms with Gasteiger partial charge < -0.3 is 5.11 Å². The second-order valence-electron chi connectivity index (χ2n) is 6.40. The third-order valence-corrected chi connectivity index (χ3v) is 5.76. The number of carboxylic acid groups (broad SMARTS) is 1. The molecule has 0 atom stereocenters. The SMILES string of the molecule is CC.CC.Cc1cc(-n2cc(S(=O)(=O)Nc3cccc4cnn(C)c34)cn2)ncc1C(=O)O. The molecule has 3 aromatic heterocycles. The predicted molar refractivity (Wildman–Crippen MR) is 127 cm³/mol. The normalized spacial score (nSPS) is 10.6. The minimum Gasteiger partial charge on any atom is -0.478 e. The molecule has 2 N–H and O–H groups in total. The Bertz CT molecular complexity index is 1360. The van der Waals surface area contributed by atoms with Gasteiger partial charge in [-0.05, 0) is 24.6 Å². The van der Waals surface area contributed by atoms with E-state index in [2.05, 4.69) is 19.9 Å². The summed E-state index contributed by atoms with van der Waals surface area (Å²) in [6.07, 6.45) is 5.38. The first-order valence-electron chi connectivity index (χ1n) is 10.4. The summed E-state index contributed by atoms with van der Waals surface area (Å²) in [5.41, 5.74) is 1.61. The summed E-state index contributed by atoms with van der Waals surface area (Å²) in [6.45, 7) is 9.63. The van der Waals surface area contributed by atoms with E-state index in [1.54, 1.807) is 37.0 Å². The first kappa shape index (κ1) is 25.5. The van der Waals surface area contributed by atoms with Gasteiger partial charge in [-0.2, -0.15) is 10.2 Å². The van der Waals surface area contributed by atoms with Gasteiger partial charge in [0.1, 0.15) is 4.90 Å². The smallest absolute Gasteiger partial charge is 0.337 e. The third-order valence-electron chi connectivity index (χ3n) is 4.44. The molecule has 33 heavy (non-hydrogen) atoms. The van der Waals surface area contributed by atoms with E-state index in [1.807, 2.05) is 33.8 Å². The first-order chi connectivity index (χ1) is 15.8. The van der Waals surface area contributed by atoms with Gasteiger partial charge in [0, 0.05) is 18.6 Å². The minimum absolute atomic E-state index is 0.0570. The van der Waals surface area contributed by atoms with Crippen molar-refractivity contribution in [2.24, 2.45) is 7.05 Å². The van der Waals surface area contributed by atoms with Crippen molar-refractivity contribution in [3.63, 3.8) is 0 Å². The Hall–Kier alpha value is -3.73. The Morgan fingerprint density at radius 1 is 1.06 bits per heavy atom. The van der Waals surface area contributed by atoms with Gasteiger partial charge in [-0.3, -0.25) is 9.40 Å². The number of pyridine rings is 1. The molecular formula is C22H28N6O4S. The highest BCUT2D eigenvalue weighted by Crippen LogP contribution is 2.25. The average Bonchev–Trinajstić information content (AvgIpc) is 3.45. The molecule has 0 saturated carbocycles. The van der Waals surface area contributed by atoms with Crippen molar-refractivity contribution in [1.29, 1.82) is 0 Å². The van der Waals surface area contributed by atoms with E-state index in [4.69, 9.17) is 5.11 Å². The second-order valence-corrected chi connectivity index (χ2v) is 8.08. The fraction of sp³-hybridized carbons (Fsp3) is 0.273. The van der Waals surface area contributed by atoms with Gasteiger partial charge in [0.2, 0.25) is 0 Å². The van der Waals surface area contributed by atoms with Gasteiger partial charge in [-0.25, -0.2) is 22.9 Å². The number of nitrogens with zero attached hydrogens (tertiary/aromatic N) is 5. The molecule has 0 saturated heterocycles. The number of hydrogen-bond acceptors (Lipinski definition) is 6. The third kappa shape index (κ3) is 5.37. The zero-order valence-corrected chi connectivity index (χ0v) is 20.3. The van der Waals surface area contributed by atoms with Gasteiger partial charge in [0.05, 0.1) is 35.4 Å². The number of aromatic nitrogens is 5. The number of anilines is 1. The molecule has 0 radical (unpaired) electrons. The van der Waals surface area contributed by atoms with Crippen molar-refractivity contribution in [1.82, 2.24) is 24.5 Å². The lowest BCUT2D eigenvalue weighted by Gasteiger charge is -2.08. The molecule has 3 heterocycles.